The lowest BCUT2D eigenvalue weighted by molar-refractivity contribution is 0.0711. The van der Waals surface area contributed by atoms with E-state index in [-0.39, 0.29) is 0 Å². The van der Waals surface area contributed by atoms with Crippen molar-refractivity contribution in [1.82, 2.24) is 0 Å². The van der Waals surface area contributed by atoms with Gasteiger partial charge in [0.25, 0.3) is 0 Å². The fourth-order valence-electron chi connectivity index (χ4n) is 2.47. The Morgan fingerprint density at radius 2 is 1.43 bits per heavy atom. The zero-order valence-corrected chi connectivity index (χ0v) is 17.9. The summed E-state index contributed by atoms with van der Waals surface area (Å²) in [7, 11) is 0. The van der Waals surface area contributed by atoms with Gasteiger partial charge in [0.05, 0.1) is 6.61 Å². The van der Waals surface area contributed by atoms with Crippen molar-refractivity contribution in [2.75, 3.05) is 33.0 Å². The third kappa shape index (κ3) is 9.77. The molecule has 4 nitrogen and oxygen atoms in total. The first-order chi connectivity index (χ1) is 13.8. The van der Waals surface area contributed by atoms with Crippen LogP contribution < -0.4 is 9.47 Å². The molecule has 2 rings (SSSR count). The van der Waals surface area contributed by atoms with Gasteiger partial charge in [0.15, 0.2) is 0 Å². The largest absolute Gasteiger partial charge is 0.491 e. The smallest absolute Gasteiger partial charge is 0.126 e. The van der Waals surface area contributed by atoms with E-state index >= 15 is 0 Å². The molecule has 0 unspecified atom stereocenters. The minimum Gasteiger partial charge on any atom is -0.491 e. The number of para-hydroxylation sites is 1. The summed E-state index contributed by atoms with van der Waals surface area (Å²) >= 11 is 0. The van der Waals surface area contributed by atoms with Crippen LogP contribution >= 0.6 is 0 Å². The average molecular weight is 389 g/mol. The number of rotatable bonds is 13. The van der Waals surface area contributed by atoms with Gasteiger partial charge in [-0.2, -0.15) is 0 Å². The van der Waals surface area contributed by atoms with Gasteiger partial charge in [-0.05, 0) is 43.5 Å². The molecular weight excluding hydrogens is 352 g/mol. The molecular formula is C24H36O4. The minimum absolute atomic E-state index is 0.483. The fraction of sp³-hybridized carbons (Fsp3) is 0.500. The van der Waals surface area contributed by atoms with Crippen LogP contribution in [0.5, 0.6) is 11.5 Å². The first-order valence-corrected chi connectivity index (χ1v) is 10.4. The molecule has 2 aromatic carbocycles. The highest BCUT2D eigenvalue weighted by molar-refractivity contribution is 5.34. The summed E-state index contributed by atoms with van der Waals surface area (Å²) in [6.45, 7) is 11.9. The van der Waals surface area contributed by atoms with Crippen molar-refractivity contribution in [2.45, 2.75) is 47.1 Å². The molecule has 156 valence electrons. The number of ether oxygens (including phenoxy) is 4. The predicted molar refractivity (Wildman–Crippen MR) is 115 cm³/mol. The third-order valence-corrected chi connectivity index (χ3v) is 3.97. The first kappa shape index (κ1) is 24.0. The van der Waals surface area contributed by atoms with Crippen molar-refractivity contribution in [3.05, 3.63) is 59.7 Å². The van der Waals surface area contributed by atoms with E-state index in [1.165, 1.54) is 5.56 Å². The molecule has 0 fully saturated rings. The fourth-order valence-corrected chi connectivity index (χ4v) is 2.47. The van der Waals surface area contributed by atoms with Gasteiger partial charge in [-0.15, -0.1) is 0 Å². The summed E-state index contributed by atoms with van der Waals surface area (Å²) in [6, 6.07) is 16.2. The van der Waals surface area contributed by atoms with Gasteiger partial charge >= 0.3 is 0 Å². The lowest BCUT2D eigenvalue weighted by atomic mass is 10.2. The van der Waals surface area contributed by atoms with E-state index in [2.05, 4.69) is 19.1 Å². The van der Waals surface area contributed by atoms with E-state index in [9.17, 15) is 0 Å². The van der Waals surface area contributed by atoms with Crippen molar-refractivity contribution in [3.8, 4) is 11.5 Å². The highest BCUT2D eigenvalue weighted by atomic mass is 16.5. The lowest BCUT2D eigenvalue weighted by Gasteiger charge is -2.13. The molecule has 0 aliphatic carbocycles. The molecule has 0 N–H and O–H groups in total. The van der Waals surface area contributed by atoms with Crippen LogP contribution in [0.25, 0.3) is 0 Å². The Bertz CT molecular complexity index is 610. The second kappa shape index (κ2) is 16.0. The van der Waals surface area contributed by atoms with Gasteiger partial charge in [-0.3, -0.25) is 0 Å². The maximum atomic E-state index is 5.89. The Morgan fingerprint density at radius 3 is 2.14 bits per heavy atom. The molecule has 0 atom stereocenters. The topological polar surface area (TPSA) is 36.9 Å². The van der Waals surface area contributed by atoms with Crippen LogP contribution in [0.4, 0.5) is 0 Å². The van der Waals surface area contributed by atoms with Crippen LogP contribution in [0.15, 0.2) is 48.5 Å². The zero-order valence-electron chi connectivity index (χ0n) is 17.9. The maximum absolute atomic E-state index is 5.89. The van der Waals surface area contributed by atoms with E-state index in [1.807, 2.05) is 57.2 Å². The van der Waals surface area contributed by atoms with Crippen molar-refractivity contribution in [3.63, 3.8) is 0 Å². The zero-order chi connectivity index (χ0) is 20.5. The molecule has 2 aromatic rings. The minimum atomic E-state index is 0.483. The summed E-state index contributed by atoms with van der Waals surface area (Å²) < 4.78 is 22.6. The molecule has 0 amide bonds. The molecule has 0 saturated carbocycles. The van der Waals surface area contributed by atoms with Gasteiger partial charge in [0, 0.05) is 25.4 Å². The third-order valence-electron chi connectivity index (χ3n) is 3.97. The highest BCUT2D eigenvalue weighted by Gasteiger charge is 2.04. The van der Waals surface area contributed by atoms with Crippen molar-refractivity contribution in [1.29, 1.82) is 0 Å². The highest BCUT2D eigenvalue weighted by Crippen LogP contribution is 2.21. The molecule has 0 spiro atoms. The molecule has 28 heavy (non-hydrogen) atoms. The normalized spacial score (nSPS) is 10.1. The average Bonchev–Trinajstić information content (AvgIpc) is 2.76. The first-order valence-electron chi connectivity index (χ1n) is 10.4. The maximum Gasteiger partial charge on any atom is 0.126 e. The van der Waals surface area contributed by atoms with Gasteiger partial charge in [0.1, 0.15) is 24.7 Å². The van der Waals surface area contributed by atoms with Crippen molar-refractivity contribution < 1.29 is 18.9 Å². The lowest BCUT2D eigenvalue weighted by Crippen LogP contribution is -2.10. The number of benzene rings is 2. The SMILES string of the molecule is CC.CCOCCCOCCOc1ccccc1COc1ccc(CC)cc1. The van der Waals surface area contributed by atoms with E-state index in [4.69, 9.17) is 18.9 Å². The van der Waals surface area contributed by atoms with Crippen LogP contribution in [-0.2, 0) is 22.5 Å². The van der Waals surface area contributed by atoms with Crippen LogP contribution in [0, 0.1) is 0 Å². The second-order valence-electron chi connectivity index (χ2n) is 5.91. The van der Waals surface area contributed by atoms with E-state index in [0.29, 0.717) is 26.4 Å². The summed E-state index contributed by atoms with van der Waals surface area (Å²) in [5.41, 5.74) is 2.34. The predicted octanol–water partition coefficient (Wildman–Crippen LogP) is 5.68. The summed E-state index contributed by atoms with van der Waals surface area (Å²) in [4.78, 5) is 0. The van der Waals surface area contributed by atoms with Gasteiger partial charge in [0.2, 0.25) is 0 Å². The number of hydrogen-bond acceptors (Lipinski definition) is 4. The molecule has 0 bridgehead atoms. The van der Waals surface area contributed by atoms with Crippen molar-refractivity contribution in [2.24, 2.45) is 0 Å². The Hall–Kier alpha value is -2.04. The van der Waals surface area contributed by atoms with Crippen LogP contribution in [0.1, 0.15) is 45.2 Å². The number of aryl methyl sites for hydroxylation is 1. The standard InChI is InChI=1S/C22H30O4.C2H6/c1-3-19-10-12-21(13-11-19)26-18-20-8-5-6-9-22(20)25-17-16-24-15-7-14-23-4-2;1-2/h5-6,8-13H,3-4,7,14-18H2,1-2H3;1-2H3. The van der Waals surface area contributed by atoms with Crippen molar-refractivity contribution >= 4 is 0 Å². The van der Waals surface area contributed by atoms with E-state index in [0.717, 1.165) is 43.1 Å². The Balaban J connectivity index is 0.00000190. The van der Waals surface area contributed by atoms with Gasteiger partial charge < -0.3 is 18.9 Å². The molecule has 0 radical (unpaired) electrons. The van der Waals surface area contributed by atoms with Crippen LogP contribution in [-0.4, -0.2) is 33.0 Å². The molecule has 0 heterocycles. The Labute approximate surface area is 170 Å². The number of hydrogen-bond donors (Lipinski definition) is 0. The van der Waals surface area contributed by atoms with Crippen LogP contribution in [0.2, 0.25) is 0 Å². The van der Waals surface area contributed by atoms with E-state index < -0.39 is 0 Å². The molecule has 0 aliphatic heterocycles. The molecule has 0 saturated heterocycles. The monoisotopic (exact) mass is 388 g/mol. The Kier molecular flexibility index (Phi) is 13.7. The van der Waals surface area contributed by atoms with E-state index in [1.54, 1.807) is 0 Å². The quantitative estimate of drug-likeness (QED) is 0.414. The summed E-state index contributed by atoms with van der Waals surface area (Å²) in [5.74, 6) is 1.71. The van der Waals surface area contributed by atoms with Gasteiger partial charge in [-0.25, -0.2) is 0 Å². The second-order valence-corrected chi connectivity index (χ2v) is 5.91. The molecule has 4 heteroatoms. The van der Waals surface area contributed by atoms with Crippen LogP contribution in [0.3, 0.4) is 0 Å². The summed E-state index contributed by atoms with van der Waals surface area (Å²) in [6.07, 6.45) is 1.94. The Morgan fingerprint density at radius 1 is 0.714 bits per heavy atom. The summed E-state index contributed by atoms with van der Waals surface area (Å²) in [5, 5.41) is 0. The molecule has 0 aliphatic rings. The van der Waals surface area contributed by atoms with Gasteiger partial charge in [-0.1, -0.05) is 51.1 Å². The molecule has 0 aromatic heterocycles.